The molecule has 0 atom stereocenters. The normalized spacial score (nSPS) is 12.5. The van der Waals surface area contributed by atoms with Crippen molar-refractivity contribution in [3.63, 3.8) is 0 Å². The van der Waals surface area contributed by atoms with Crippen molar-refractivity contribution in [2.45, 2.75) is 12.8 Å². The maximum atomic E-state index is 2.47. The molecule has 1 aliphatic carbocycles. The molecule has 0 aliphatic heterocycles. The van der Waals surface area contributed by atoms with Gasteiger partial charge in [0.1, 0.15) is 0 Å². The van der Waals surface area contributed by atoms with E-state index in [1.165, 1.54) is 120 Å². The fourth-order valence-electron chi connectivity index (χ4n) is 11.1. The third-order valence-corrected chi connectivity index (χ3v) is 15.6. The number of hydrogen-bond acceptors (Lipinski definition) is 1. The van der Waals surface area contributed by atoms with Gasteiger partial charge < -0.3 is 9.13 Å². The molecule has 1 aliphatic rings. The third-order valence-electron chi connectivity index (χ3n) is 14.4. The second-order valence-electron chi connectivity index (χ2n) is 18.4. The molecule has 3 aromatic heterocycles. The zero-order valence-corrected chi connectivity index (χ0v) is 38.6. The molecule has 324 valence electrons. The second kappa shape index (κ2) is 16.1. The molecular formula is C66H44N2S. The zero-order chi connectivity index (χ0) is 45.4. The Hall–Kier alpha value is -8.50. The van der Waals surface area contributed by atoms with Gasteiger partial charge in [-0.3, -0.25) is 0 Å². The molecule has 0 saturated carbocycles. The van der Waals surface area contributed by atoms with Crippen LogP contribution >= 0.6 is 11.3 Å². The SMILES string of the molecule is C1=Cc2sc3c(-c4cccc(-c5cccc(-n6c7ccc(-c8ccccc8)cc7c7cc(-n8c9ccc(-c%10ccccc%10)cc9c9cc(-c%10ccccc%10)ccc98)ccc76)c5)c4)cccc3c2CC1. The minimum absolute atomic E-state index is 1.12. The Kier molecular flexibility index (Phi) is 9.24. The highest BCUT2D eigenvalue weighted by Gasteiger charge is 2.20. The Morgan fingerprint density at radius 3 is 1.35 bits per heavy atom. The Labute approximate surface area is 404 Å². The van der Waals surface area contributed by atoms with E-state index in [4.69, 9.17) is 0 Å². The first kappa shape index (κ1) is 39.6. The van der Waals surface area contributed by atoms with Crippen LogP contribution in [0, 0.1) is 0 Å². The number of rotatable bonds is 7. The van der Waals surface area contributed by atoms with Crippen LogP contribution in [0.2, 0.25) is 0 Å². The van der Waals surface area contributed by atoms with Gasteiger partial charge in [0.2, 0.25) is 0 Å². The number of thiophene rings is 1. The van der Waals surface area contributed by atoms with Gasteiger partial charge in [-0.2, -0.15) is 0 Å². The molecule has 0 radical (unpaired) electrons. The second-order valence-corrected chi connectivity index (χ2v) is 19.4. The predicted molar refractivity (Wildman–Crippen MR) is 295 cm³/mol. The van der Waals surface area contributed by atoms with Gasteiger partial charge in [-0.1, -0.05) is 164 Å². The molecule has 0 saturated heterocycles. The third kappa shape index (κ3) is 6.61. The summed E-state index contributed by atoms with van der Waals surface area (Å²) in [5, 5.41) is 6.32. The lowest BCUT2D eigenvalue weighted by molar-refractivity contribution is 1.01. The van der Waals surface area contributed by atoms with E-state index in [2.05, 4.69) is 252 Å². The van der Waals surface area contributed by atoms with Crippen LogP contribution < -0.4 is 0 Å². The van der Waals surface area contributed by atoms with E-state index in [9.17, 15) is 0 Å². The Morgan fingerprint density at radius 2 is 0.768 bits per heavy atom. The van der Waals surface area contributed by atoms with Crippen molar-refractivity contribution in [3.8, 4) is 67.0 Å². The summed E-state index contributed by atoms with van der Waals surface area (Å²) in [4.78, 5) is 1.41. The topological polar surface area (TPSA) is 9.86 Å². The van der Waals surface area contributed by atoms with Crippen molar-refractivity contribution in [3.05, 3.63) is 247 Å². The van der Waals surface area contributed by atoms with Gasteiger partial charge in [0.15, 0.2) is 0 Å². The number of allylic oxidation sites excluding steroid dienone is 1. The van der Waals surface area contributed by atoms with Gasteiger partial charge in [-0.15, -0.1) is 11.3 Å². The maximum Gasteiger partial charge on any atom is 0.0542 e. The molecule has 0 bridgehead atoms. The average Bonchev–Trinajstić information content (AvgIpc) is 4.08. The highest BCUT2D eigenvalue weighted by molar-refractivity contribution is 7.20. The van der Waals surface area contributed by atoms with E-state index < -0.39 is 0 Å². The van der Waals surface area contributed by atoms with Crippen molar-refractivity contribution < 1.29 is 0 Å². The van der Waals surface area contributed by atoms with Crippen LogP contribution in [0.3, 0.4) is 0 Å². The average molecular weight is 897 g/mol. The molecule has 0 amide bonds. The van der Waals surface area contributed by atoms with Crippen LogP contribution in [0.1, 0.15) is 16.9 Å². The first-order chi connectivity index (χ1) is 34.2. The quantitative estimate of drug-likeness (QED) is 0.151. The monoisotopic (exact) mass is 896 g/mol. The number of aryl methyl sites for hydroxylation is 1. The van der Waals surface area contributed by atoms with Crippen LogP contribution in [-0.4, -0.2) is 9.13 Å². The number of hydrogen-bond donors (Lipinski definition) is 0. The van der Waals surface area contributed by atoms with Gasteiger partial charge in [0, 0.05) is 42.5 Å². The van der Waals surface area contributed by atoms with Crippen LogP contribution in [0.25, 0.3) is 127 Å². The van der Waals surface area contributed by atoms with Crippen molar-refractivity contribution in [2.75, 3.05) is 0 Å². The first-order valence-electron chi connectivity index (χ1n) is 24.0. The van der Waals surface area contributed by atoms with E-state index >= 15 is 0 Å². The van der Waals surface area contributed by atoms with Gasteiger partial charge in [-0.05, 0) is 158 Å². The van der Waals surface area contributed by atoms with E-state index in [1.54, 1.807) is 0 Å². The van der Waals surface area contributed by atoms with Crippen molar-refractivity contribution in [1.82, 2.24) is 9.13 Å². The highest BCUT2D eigenvalue weighted by atomic mass is 32.1. The minimum Gasteiger partial charge on any atom is -0.309 e. The lowest BCUT2D eigenvalue weighted by Crippen LogP contribution is -1.96. The molecule has 14 rings (SSSR count). The molecule has 69 heavy (non-hydrogen) atoms. The summed E-state index contributed by atoms with van der Waals surface area (Å²) in [6, 6.07) is 85.3. The molecule has 0 N–H and O–H groups in total. The lowest BCUT2D eigenvalue weighted by Gasteiger charge is -2.13. The fourth-order valence-corrected chi connectivity index (χ4v) is 12.4. The van der Waals surface area contributed by atoms with Crippen LogP contribution in [-0.2, 0) is 6.42 Å². The minimum atomic E-state index is 1.12. The number of benzene rings is 10. The van der Waals surface area contributed by atoms with Crippen LogP contribution in [0.5, 0.6) is 0 Å². The van der Waals surface area contributed by atoms with Gasteiger partial charge in [0.05, 0.1) is 22.1 Å². The maximum absolute atomic E-state index is 2.47. The molecule has 2 nitrogen and oxygen atoms in total. The summed E-state index contributed by atoms with van der Waals surface area (Å²) in [5.74, 6) is 0. The van der Waals surface area contributed by atoms with Gasteiger partial charge in [-0.25, -0.2) is 0 Å². The highest BCUT2D eigenvalue weighted by Crippen LogP contribution is 2.44. The van der Waals surface area contributed by atoms with Crippen molar-refractivity contribution >= 4 is 71.1 Å². The summed E-state index contributed by atoms with van der Waals surface area (Å²) < 4.78 is 6.31. The molecule has 13 aromatic rings. The van der Waals surface area contributed by atoms with E-state index in [-0.39, 0.29) is 0 Å². The summed E-state index contributed by atoms with van der Waals surface area (Å²) >= 11 is 1.93. The molecule has 0 spiro atoms. The molecule has 10 aromatic carbocycles. The number of nitrogens with zero attached hydrogens (tertiary/aromatic N) is 2. The summed E-state index contributed by atoms with van der Waals surface area (Å²) in [6.07, 6.45) is 6.87. The molecule has 0 unspecified atom stereocenters. The molecular weight excluding hydrogens is 853 g/mol. The van der Waals surface area contributed by atoms with Crippen molar-refractivity contribution in [1.29, 1.82) is 0 Å². The van der Waals surface area contributed by atoms with Crippen LogP contribution in [0.15, 0.2) is 237 Å². The van der Waals surface area contributed by atoms with Gasteiger partial charge >= 0.3 is 0 Å². The molecule has 3 heteroatoms. The number of aromatic nitrogens is 2. The summed E-state index contributed by atoms with van der Waals surface area (Å²) in [7, 11) is 0. The Bertz CT molecular complexity index is 4070. The lowest BCUT2D eigenvalue weighted by atomic mass is 9.96. The number of fused-ring (bicyclic) bond motifs is 9. The summed E-state index contributed by atoms with van der Waals surface area (Å²) in [5.41, 5.74) is 20.7. The Morgan fingerprint density at radius 1 is 0.319 bits per heavy atom. The smallest absolute Gasteiger partial charge is 0.0542 e. The predicted octanol–water partition coefficient (Wildman–Crippen LogP) is 18.4. The standard InChI is InChI=1S/C66H44N2S/c1-4-15-43(16-5-1)48-29-33-61-57(39-48)58-40-49(44-17-6-2-7-18-44)30-34-62(58)68(61)53-32-36-64-60(42-53)59-41-50(45-19-8-3-9-20-45)31-35-63(59)67(64)52-24-13-22-47(38-52)46-21-12-23-51(37-46)54-26-14-27-56-55-25-10-11-28-65(55)69-66(54)56/h1-9,11-24,26-42H,10,25H2. The van der Waals surface area contributed by atoms with Crippen LogP contribution in [0.4, 0.5) is 0 Å². The van der Waals surface area contributed by atoms with E-state index in [1.807, 2.05) is 11.3 Å². The summed E-state index contributed by atoms with van der Waals surface area (Å²) in [6.45, 7) is 0. The largest absolute Gasteiger partial charge is 0.309 e. The zero-order valence-electron chi connectivity index (χ0n) is 37.8. The van der Waals surface area contributed by atoms with Crippen molar-refractivity contribution in [2.24, 2.45) is 0 Å². The molecule has 3 heterocycles. The fraction of sp³-hybridized carbons (Fsp3) is 0.0303. The van der Waals surface area contributed by atoms with Gasteiger partial charge in [0.25, 0.3) is 0 Å². The Balaban J connectivity index is 0.943. The first-order valence-corrected chi connectivity index (χ1v) is 24.8. The van der Waals surface area contributed by atoms with E-state index in [0.717, 1.165) is 24.2 Å². The molecule has 0 fully saturated rings. The van der Waals surface area contributed by atoms with E-state index in [0.29, 0.717) is 0 Å².